The molecule has 1 aromatic heterocycles. The summed E-state index contributed by atoms with van der Waals surface area (Å²) in [4.78, 5) is 36.9. The van der Waals surface area contributed by atoms with Crippen molar-refractivity contribution in [2.45, 2.75) is 45.2 Å². The van der Waals surface area contributed by atoms with E-state index in [1.54, 1.807) is 11.4 Å². The van der Waals surface area contributed by atoms with Crippen molar-refractivity contribution in [1.29, 1.82) is 5.41 Å². The molecule has 0 saturated carbocycles. The van der Waals surface area contributed by atoms with E-state index in [0.717, 1.165) is 30.1 Å². The highest BCUT2D eigenvalue weighted by molar-refractivity contribution is 7.10. The third kappa shape index (κ3) is 12.3. The lowest BCUT2D eigenvalue weighted by Gasteiger charge is -2.23. The molecule has 37 heavy (non-hydrogen) atoms. The van der Waals surface area contributed by atoms with E-state index in [2.05, 4.69) is 17.6 Å². The first-order valence-electron chi connectivity index (χ1n) is 11.8. The van der Waals surface area contributed by atoms with Gasteiger partial charge in [0, 0.05) is 22.4 Å². The highest BCUT2D eigenvalue weighted by atomic mass is 32.1. The molecule has 204 valence electrons. The standard InChI is InChI=1S/C14H19N5O3S.C10H14O.CH2F2/c15-13(16)9-4-10(23-7-9)5-18-14(22)11-2-1-3-19(11)12(21)6-17-8-20;1-2-3-9-11-10-7-5-4-6-8-10;2-1-3/h4,7-8,11H,1-3,5-6H2,(H3,15,16)(H,17,20)(H,18,22);4-8H,2-3,9H2,1H3;1H2. The lowest BCUT2D eigenvalue weighted by molar-refractivity contribution is -0.138. The van der Waals surface area contributed by atoms with Gasteiger partial charge in [-0.05, 0) is 37.5 Å². The monoisotopic (exact) mass is 539 g/mol. The number of hydrogen-bond donors (Lipinski definition) is 4. The van der Waals surface area contributed by atoms with E-state index < -0.39 is 13.0 Å². The maximum atomic E-state index is 12.3. The molecule has 9 nitrogen and oxygen atoms in total. The van der Waals surface area contributed by atoms with Crippen molar-refractivity contribution in [2.75, 3.05) is 26.6 Å². The Morgan fingerprint density at radius 2 is 2.00 bits per heavy atom. The number of alkyl halides is 2. The van der Waals surface area contributed by atoms with Crippen LogP contribution in [0.1, 0.15) is 43.0 Å². The second-order valence-corrected chi connectivity index (χ2v) is 8.79. The molecule has 0 radical (unpaired) electrons. The van der Waals surface area contributed by atoms with Gasteiger partial charge in [-0.25, -0.2) is 8.78 Å². The number of rotatable bonds is 11. The van der Waals surface area contributed by atoms with Crippen LogP contribution in [-0.4, -0.2) is 61.6 Å². The van der Waals surface area contributed by atoms with E-state index in [0.29, 0.717) is 31.5 Å². The number of nitrogen functional groups attached to an aromatic ring is 1. The van der Waals surface area contributed by atoms with Gasteiger partial charge < -0.3 is 26.0 Å². The molecule has 2 aromatic rings. The minimum Gasteiger partial charge on any atom is -0.494 e. The molecule has 1 unspecified atom stereocenters. The molecule has 3 amide bonds. The predicted molar refractivity (Wildman–Crippen MR) is 140 cm³/mol. The van der Waals surface area contributed by atoms with Crippen LogP contribution >= 0.6 is 11.3 Å². The molecule has 1 aliphatic rings. The second kappa shape index (κ2) is 18.7. The van der Waals surface area contributed by atoms with Crippen LogP contribution in [0.5, 0.6) is 5.75 Å². The number of para-hydroxylation sites is 1. The van der Waals surface area contributed by atoms with Gasteiger partial charge in [-0.3, -0.25) is 19.8 Å². The highest BCUT2D eigenvalue weighted by Crippen LogP contribution is 2.18. The Morgan fingerprint density at radius 1 is 1.30 bits per heavy atom. The second-order valence-electron chi connectivity index (χ2n) is 7.79. The van der Waals surface area contributed by atoms with Crippen molar-refractivity contribution in [3.8, 4) is 5.75 Å². The minimum absolute atomic E-state index is 0.00549. The Kier molecular flexibility index (Phi) is 15.9. The molecule has 5 N–H and O–H groups in total. The number of carbonyl (C=O) groups is 3. The number of carbonyl (C=O) groups excluding carboxylic acids is 3. The summed E-state index contributed by atoms with van der Waals surface area (Å²) in [5, 5.41) is 14.2. The van der Waals surface area contributed by atoms with Crippen molar-refractivity contribution in [3.63, 3.8) is 0 Å². The van der Waals surface area contributed by atoms with Crippen LogP contribution in [0.4, 0.5) is 8.78 Å². The van der Waals surface area contributed by atoms with Crippen LogP contribution in [0.3, 0.4) is 0 Å². The normalized spacial score (nSPS) is 13.8. The molecule has 1 aliphatic heterocycles. The van der Waals surface area contributed by atoms with Crippen molar-refractivity contribution in [1.82, 2.24) is 15.5 Å². The largest absolute Gasteiger partial charge is 0.494 e. The summed E-state index contributed by atoms with van der Waals surface area (Å²) in [5.74, 6) is 0.500. The number of nitrogens with one attached hydrogen (secondary N) is 3. The lowest BCUT2D eigenvalue weighted by atomic mass is 10.2. The number of nitrogens with two attached hydrogens (primary N) is 1. The third-order valence-electron chi connectivity index (χ3n) is 5.12. The number of unbranched alkanes of at least 4 members (excludes halogenated alkanes) is 1. The van der Waals surface area contributed by atoms with E-state index >= 15 is 0 Å². The molecular weight excluding hydrogens is 504 g/mol. The van der Waals surface area contributed by atoms with E-state index in [1.807, 2.05) is 30.3 Å². The smallest absolute Gasteiger partial charge is 0.243 e. The maximum absolute atomic E-state index is 12.3. The summed E-state index contributed by atoms with van der Waals surface area (Å²) >= 11 is 1.42. The Balaban J connectivity index is 0.000000406. The van der Waals surface area contributed by atoms with Gasteiger partial charge in [0.1, 0.15) is 17.6 Å². The molecule has 0 aliphatic carbocycles. The first-order chi connectivity index (χ1) is 17.9. The molecule has 0 bridgehead atoms. The van der Waals surface area contributed by atoms with Crippen molar-refractivity contribution < 1.29 is 27.9 Å². The molecule has 3 rings (SSSR count). The first kappa shape index (κ1) is 31.5. The summed E-state index contributed by atoms with van der Waals surface area (Å²) in [5.41, 5.74) is 6.04. The zero-order chi connectivity index (χ0) is 27.5. The first-order valence-corrected chi connectivity index (χ1v) is 12.7. The van der Waals surface area contributed by atoms with Gasteiger partial charge in [-0.2, -0.15) is 0 Å². The van der Waals surface area contributed by atoms with Crippen LogP contribution in [0, 0.1) is 5.41 Å². The van der Waals surface area contributed by atoms with Gasteiger partial charge in [0.15, 0.2) is 0 Å². The Labute approximate surface area is 219 Å². The van der Waals surface area contributed by atoms with Crippen LogP contribution in [0.2, 0.25) is 0 Å². The van der Waals surface area contributed by atoms with Gasteiger partial charge in [-0.1, -0.05) is 31.5 Å². The maximum Gasteiger partial charge on any atom is 0.243 e. The molecular formula is C25H35F2N5O4S. The zero-order valence-electron chi connectivity index (χ0n) is 20.9. The Morgan fingerprint density at radius 3 is 2.59 bits per heavy atom. The summed E-state index contributed by atoms with van der Waals surface area (Å²) in [6, 6.07) is 11.2. The number of ether oxygens (including phenoxy) is 1. The summed E-state index contributed by atoms with van der Waals surface area (Å²) in [6.07, 6.45) is 4.16. The van der Waals surface area contributed by atoms with Gasteiger partial charge in [0.2, 0.25) is 25.2 Å². The highest BCUT2D eigenvalue weighted by Gasteiger charge is 2.33. The molecule has 1 atom stereocenters. The molecule has 1 fully saturated rings. The van der Waals surface area contributed by atoms with Crippen LogP contribution in [0.25, 0.3) is 0 Å². The van der Waals surface area contributed by atoms with Crippen molar-refractivity contribution >= 4 is 35.4 Å². The average Bonchev–Trinajstić information content (AvgIpc) is 3.58. The zero-order valence-corrected chi connectivity index (χ0v) is 21.7. The number of nitrogens with zero attached hydrogens (tertiary/aromatic N) is 1. The van der Waals surface area contributed by atoms with E-state index in [-0.39, 0.29) is 24.2 Å². The Bertz CT molecular complexity index is 962. The fourth-order valence-corrected chi connectivity index (χ4v) is 4.15. The van der Waals surface area contributed by atoms with Gasteiger partial charge in [0.05, 0.1) is 19.7 Å². The molecule has 12 heteroatoms. The summed E-state index contributed by atoms with van der Waals surface area (Å²) in [7, 11) is 0. The van der Waals surface area contributed by atoms with Crippen molar-refractivity contribution in [3.05, 3.63) is 52.2 Å². The lowest BCUT2D eigenvalue weighted by Crippen LogP contribution is -2.48. The fourth-order valence-electron chi connectivity index (χ4n) is 3.33. The number of benzene rings is 1. The molecule has 1 saturated heterocycles. The van der Waals surface area contributed by atoms with Gasteiger partial charge in [0.25, 0.3) is 0 Å². The minimum atomic E-state index is -1.75. The topological polar surface area (TPSA) is 138 Å². The van der Waals surface area contributed by atoms with Gasteiger partial charge in [-0.15, -0.1) is 11.3 Å². The van der Waals surface area contributed by atoms with Gasteiger partial charge >= 0.3 is 0 Å². The van der Waals surface area contributed by atoms with E-state index in [4.69, 9.17) is 15.9 Å². The van der Waals surface area contributed by atoms with E-state index in [9.17, 15) is 23.2 Å². The predicted octanol–water partition coefficient (Wildman–Crippen LogP) is 3.13. The molecule has 2 heterocycles. The number of amides is 3. The van der Waals surface area contributed by atoms with Crippen LogP contribution < -0.4 is 21.1 Å². The molecule has 1 aromatic carbocycles. The molecule has 0 spiro atoms. The van der Waals surface area contributed by atoms with Crippen LogP contribution in [-0.2, 0) is 20.9 Å². The fraction of sp³-hybridized carbons (Fsp3) is 0.440. The Hall–Kier alpha value is -3.54. The summed E-state index contributed by atoms with van der Waals surface area (Å²) < 4.78 is 24.7. The number of hydrogen-bond acceptors (Lipinski definition) is 6. The number of thiophene rings is 1. The number of halogens is 2. The van der Waals surface area contributed by atoms with E-state index in [1.165, 1.54) is 22.7 Å². The SMILES string of the molecule is CCCCOc1ccccc1.FCF.N=C(N)c1csc(CNC(=O)C2CCCN2C(=O)CNC=O)c1. The number of amidine groups is 1. The van der Waals surface area contributed by atoms with Crippen molar-refractivity contribution in [2.24, 2.45) is 5.73 Å². The summed E-state index contributed by atoms with van der Waals surface area (Å²) in [6.45, 7) is 2.00. The van der Waals surface area contributed by atoms with Crippen LogP contribution in [0.15, 0.2) is 41.8 Å². The quantitative estimate of drug-likeness (QED) is 0.150. The number of likely N-dealkylation sites (tertiary alicyclic amines) is 1. The third-order valence-corrected chi connectivity index (χ3v) is 6.06. The average molecular weight is 540 g/mol.